The molecule has 20 heavy (non-hydrogen) atoms. The Morgan fingerprint density at radius 3 is 2.60 bits per heavy atom. The van der Waals surface area contributed by atoms with Crippen molar-refractivity contribution in [3.05, 3.63) is 29.8 Å². The maximum Gasteiger partial charge on any atom is 0.240 e. The van der Waals surface area contributed by atoms with Gasteiger partial charge in [-0.1, -0.05) is 11.8 Å². The number of hydrogen-bond donors (Lipinski definition) is 2. The van der Waals surface area contributed by atoms with Crippen molar-refractivity contribution in [1.29, 1.82) is 0 Å². The third-order valence-electron chi connectivity index (χ3n) is 2.45. The average Bonchev–Trinajstić information content (AvgIpc) is 2.45. The molecule has 0 saturated carbocycles. The molecule has 0 radical (unpaired) electrons. The van der Waals surface area contributed by atoms with Gasteiger partial charge in [0.2, 0.25) is 10.0 Å². The van der Waals surface area contributed by atoms with Crippen molar-refractivity contribution in [3.63, 3.8) is 0 Å². The molecule has 1 rings (SSSR count). The molecule has 0 amide bonds. The molecule has 0 saturated heterocycles. The van der Waals surface area contributed by atoms with Crippen LogP contribution in [0.4, 0.5) is 0 Å². The summed E-state index contributed by atoms with van der Waals surface area (Å²) >= 11 is 1.69. The predicted molar refractivity (Wildman–Crippen MR) is 83.2 cm³/mol. The molecule has 6 heteroatoms. The van der Waals surface area contributed by atoms with E-state index in [1.54, 1.807) is 36.0 Å². The summed E-state index contributed by atoms with van der Waals surface area (Å²) in [7, 11) is -3.43. The quantitative estimate of drug-likeness (QED) is 0.591. The third kappa shape index (κ3) is 5.97. The standard InChI is InChI=1S/C14H19NO3S2/c1-19-12-4-10-15-20(17,18)14-8-6-13(7-9-14)5-2-3-11-16/h6-9,15-16H,3-4,10-12H2,1H3. The molecule has 1 aromatic carbocycles. The highest BCUT2D eigenvalue weighted by Gasteiger charge is 2.12. The zero-order valence-electron chi connectivity index (χ0n) is 11.4. The summed E-state index contributed by atoms with van der Waals surface area (Å²) in [6.07, 6.45) is 3.22. The number of thioether (sulfide) groups is 1. The highest BCUT2D eigenvalue weighted by atomic mass is 32.2. The van der Waals surface area contributed by atoms with E-state index in [2.05, 4.69) is 16.6 Å². The Hall–Kier alpha value is -1.00. The second-order valence-corrected chi connectivity index (χ2v) is 6.80. The molecule has 0 aliphatic carbocycles. The fourth-order valence-electron chi connectivity index (χ4n) is 1.44. The van der Waals surface area contributed by atoms with E-state index in [4.69, 9.17) is 5.11 Å². The van der Waals surface area contributed by atoms with Gasteiger partial charge in [0.15, 0.2) is 0 Å². The molecule has 4 nitrogen and oxygen atoms in total. The Morgan fingerprint density at radius 2 is 2.00 bits per heavy atom. The van der Waals surface area contributed by atoms with Gasteiger partial charge in [0.25, 0.3) is 0 Å². The number of rotatable bonds is 7. The van der Waals surface area contributed by atoms with Crippen LogP contribution in [0.3, 0.4) is 0 Å². The molecule has 0 bridgehead atoms. The smallest absolute Gasteiger partial charge is 0.240 e. The van der Waals surface area contributed by atoms with Gasteiger partial charge in [-0.2, -0.15) is 11.8 Å². The normalized spacial score (nSPS) is 10.9. The second kappa shape index (κ2) is 9.03. The molecular weight excluding hydrogens is 294 g/mol. The Balaban J connectivity index is 2.65. The van der Waals surface area contributed by atoms with E-state index in [0.717, 1.165) is 17.7 Å². The van der Waals surface area contributed by atoms with Gasteiger partial charge < -0.3 is 5.11 Å². The summed E-state index contributed by atoms with van der Waals surface area (Å²) in [5, 5.41) is 8.62. The average molecular weight is 313 g/mol. The van der Waals surface area contributed by atoms with Gasteiger partial charge in [-0.3, -0.25) is 0 Å². The van der Waals surface area contributed by atoms with Crippen molar-refractivity contribution in [3.8, 4) is 11.8 Å². The van der Waals surface area contributed by atoms with E-state index in [9.17, 15) is 8.42 Å². The van der Waals surface area contributed by atoms with Crippen LogP contribution in [0.5, 0.6) is 0 Å². The van der Waals surface area contributed by atoms with E-state index in [0.29, 0.717) is 13.0 Å². The minimum atomic E-state index is -3.43. The molecule has 0 heterocycles. The van der Waals surface area contributed by atoms with E-state index in [-0.39, 0.29) is 11.5 Å². The lowest BCUT2D eigenvalue weighted by Crippen LogP contribution is -2.25. The number of aliphatic hydroxyl groups is 1. The number of benzene rings is 1. The number of sulfonamides is 1. The fourth-order valence-corrected chi connectivity index (χ4v) is 2.95. The third-order valence-corrected chi connectivity index (χ3v) is 4.63. The summed E-state index contributed by atoms with van der Waals surface area (Å²) in [4.78, 5) is 0.245. The lowest BCUT2D eigenvalue weighted by molar-refractivity contribution is 0.305. The van der Waals surface area contributed by atoms with E-state index < -0.39 is 10.0 Å². The summed E-state index contributed by atoms with van der Waals surface area (Å²) in [6.45, 7) is 0.473. The molecule has 0 fully saturated rings. The van der Waals surface area contributed by atoms with Gasteiger partial charge in [-0.15, -0.1) is 0 Å². The number of aliphatic hydroxyl groups excluding tert-OH is 1. The van der Waals surface area contributed by atoms with Crippen LogP contribution < -0.4 is 4.72 Å². The summed E-state index contributed by atoms with van der Waals surface area (Å²) in [6, 6.07) is 6.42. The van der Waals surface area contributed by atoms with Gasteiger partial charge in [0.05, 0.1) is 11.5 Å². The lowest BCUT2D eigenvalue weighted by atomic mass is 10.2. The molecule has 110 valence electrons. The van der Waals surface area contributed by atoms with Gasteiger partial charge >= 0.3 is 0 Å². The van der Waals surface area contributed by atoms with E-state index >= 15 is 0 Å². The fraction of sp³-hybridized carbons (Fsp3) is 0.429. The first-order valence-corrected chi connectivity index (χ1v) is 9.16. The van der Waals surface area contributed by atoms with Crippen LogP contribution in [0.25, 0.3) is 0 Å². The Bertz CT molecular complexity index is 556. The minimum absolute atomic E-state index is 0.0272. The van der Waals surface area contributed by atoms with Crippen molar-refractivity contribution < 1.29 is 13.5 Å². The van der Waals surface area contributed by atoms with Crippen LogP contribution in [0.1, 0.15) is 18.4 Å². The van der Waals surface area contributed by atoms with Crippen LogP contribution in [-0.4, -0.2) is 38.7 Å². The van der Waals surface area contributed by atoms with Gasteiger partial charge in [0, 0.05) is 18.5 Å². The highest BCUT2D eigenvalue weighted by molar-refractivity contribution is 7.98. The molecule has 0 unspecified atom stereocenters. The van der Waals surface area contributed by atoms with Crippen molar-refractivity contribution in [1.82, 2.24) is 4.72 Å². The maximum atomic E-state index is 12.0. The van der Waals surface area contributed by atoms with Crippen molar-refractivity contribution in [2.45, 2.75) is 17.7 Å². The van der Waals surface area contributed by atoms with Gasteiger partial charge in [-0.25, -0.2) is 13.1 Å². The molecular formula is C14H19NO3S2. The van der Waals surface area contributed by atoms with Gasteiger partial charge in [-0.05, 0) is 42.7 Å². The SMILES string of the molecule is CSCCCNS(=O)(=O)c1ccc(C#CCCO)cc1. The monoisotopic (exact) mass is 313 g/mol. The Kier molecular flexibility index (Phi) is 7.70. The predicted octanol–water partition coefficient (Wildman–Crippen LogP) is 1.45. The lowest BCUT2D eigenvalue weighted by Gasteiger charge is -2.06. The maximum absolute atomic E-state index is 12.0. The molecule has 0 aromatic heterocycles. The first kappa shape index (κ1) is 17.1. The zero-order valence-corrected chi connectivity index (χ0v) is 13.1. The number of nitrogens with one attached hydrogen (secondary N) is 1. The topological polar surface area (TPSA) is 66.4 Å². The highest BCUT2D eigenvalue weighted by Crippen LogP contribution is 2.10. The van der Waals surface area contributed by atoms with E-state index in [1.165, 1.54) is 0 Å². The zero-order chi connectivity index (χ0) is 14.8. The molecule has 0 atom stereocenters. The van der Waals surface area contributed by atoms with Crippen LogP contribution in [-0.2, 0) is 10.0 Å². The molecule has 0 aliphatic rings. The molecule has 1 aromatic rings. The number of hydrogen-bond acceptors (Lipinski definition) is 4. The van der Waals surface area contributed by atoms with Crippen LogP contribution in [0.2, 0.25) is 0 Å². The summed E-state index contributed by atoms with van der Waals surface area (Å²) in [5.74, 6) is 6.58. The first-order chi connectivity index (χ1) is 9.60. The van der Waals surface area contributed by atoms with Crippen molar-refractivity contribution in [2.75, 3.05) is 25.2 Å². The largest absolute Gasteiger partial charge is 0.395 e. The first-order valence-electron chi connectivity index (χ1n) is 6.28. The molecule has 0 aliphatic heterocycles. The Labute approximate surface area is 125 Å². The van der Waals surface area contributed by atoms with E-state index in [1.807, 2.05) is 6.26 Å². The summed E-state index contributed by atoms with van der Waals surface area (Å²) < 4.78 is 26.5. The molecule has 2 N–H and O–H groups in total. The van der Waals surface area contributed by atoms with Crippen LogP contribution in [0.15, 0.2) is 29.2 Å². The van der Waals surface area contributed by atoms with Crippen molar-refractivity contribution in [2.24, 2.45) is 0 Å². The molecule has 0 spiro atoms. The van der Waals surface area contributed by atoms with Crippen LogP contribution in [0, 0.1) is 11.8 Å². The van der Waals surface area contributed by atoms with Crippen LogP contribution >= 0.6 is 11.8 Å². The van der Waals surface area contributed by atoms with Gasteiger partial charge in [0.1, 0.15) is 0 Å². The van der Waals surface area contributed by atoms with Crippen molar-refractivity contribution >= 4 is 21.8 Å². The minimum Gasteiger partial charge on any atom is -0.395 e. The second-order valence-electron chi connectivity index (χ2n) is 4.04. The summed E-state index contributed by atoms with van der Waals surface area (Å²) in [5.41, 5.74) is 0.736. The Morgan fingerprint density at radius 1 is 1.30 bits per heavy atom.